The first-order valence-electron chi connectivity index (χ1n) is 9.30. The van der Waals surface area contributed by atoms with Crippen LogP contribution in [0.2, 0.25) is 0 Å². The van der Waals surface area contributed by atoms with E-state index in [1.54, 1.807) is 0 Å². The summed E-state index contributed by atoms with van der Waals surface area (Å²) in [5, 5.41) is 19.8. The Balaban J connectivity index is 1.91. The third-order valence-corrected chi connectivity index (χ3v) is 5.17. The number of nitro benzene ring substituents is 1. The molecule has 3 aromatic rings. The molecule has 28 heavy (non-hydrogen) atoms. The molecule has 4 rings (SSSR count). The average Bonchev–Trinajstić information content (AvgIpc) is 3.19. The summed E-state index contributed by atoms with van der Waals surface area (Å²) in [6, 6.07) is 11.7. The van der Waals surface area contributed by atoms with Crippen LogP contribution in [0.15, 0.2) is 41.0 Å². The van der Waals surface area contributed by atoms with Crippen LogP contribution in [0.3, 0.4) is 0 Å². The number of fused-ring (bicyclic) bond motifs is 1. The van der Waals surface area contributed by atoms with Gasteiger partial charge in [-0.05, 0) is 42.5 Å². The number of hydrogen-bond donors (Lipinski definition) is 0. The van der Waals surface area contributed by atoms with E-state index >= 15 is 0 Å². The molecular weight excluding hydrogens is 360 g/mol. The molecule has 0 spiro atoms. The van der Waals surface area contributed by atoms with Gasteiger partial charge in [0.2, 0.25) is 5.52 Å². The Labute approximate surface area is 162 Å². The van der Waals surface area contributed by atoms with Gasteiger partial charge in [0, 0.05) is 38.4 Å². The van der Waals surface area contributed by atoms with E-state index in [1.807, 2.05) is 43.3 Å². The van der Waals surface area contributed by atoms with Gasteiger partial charge < -0.3 is 14.7 Å². The fourth-order valence-corrected chi connectivity index (χ4v) is 3.67. The molecule has 0 N–H and O–H groups in total. The van der Waals surface area contributed by atoms with Crippen LogP contribution < -0.4 is 9.80 Å². The van der Waals surface area contributed by atoms with E-state index < -0.39 is 0 Å². The molecule has 1 fully saturated rings. The number of para-hydroxylation sites is 1. The fourth-order valence-electron chi connectivity index (χ4n) is 3.67. The van der Waals surface area contributed by atoms with Gasteiger partial charge in [-0.2, -0.15) is 0 Å². The van der Waals surface area contributed by atoms with E-state index in [2.05, 4.69) is 32.1 Å². The van der Waals surface area contributed by atoms with Crippen molar-refractivity contribution in [1.82, 2.24) is 15.2 Å². The quantitative estimate of drug-likeness (QED) is 0.491. The van der Waals surface area contributed by atoms with Gasteiger partial charge >= 0.3 is 5.69 Å². The summed E-state index contributed by atoms with van der Waals surface area (Å²) in [6.45, 7) is 5.82. The highest BCUT2D eigenvalue weighted by Crippen LogP contribution is 2.42. The lowest BCUT2D eigenvalue weighted by atomic mass is 10.1. The summed E-state index contributed by atoms with van der Waals surface area (Å²) < 4.78 is 4.93. The molecule has 1 aliphatic rings. The molecule has 0 aliphatic carbocycles. The standard InChI is InChI=1S/C19H22N6O3/c1-3-24(14-7-5-4-6-8-14)15-13-16(23-11-9-22(2)10-12-23)19(25(26)27)18-17(15)20-28-21-18/h4-8,13H,3,9-12H2,1-2H3. The van der Waals surface area contributed by atoms with Crippen molar-refractivity contribution < 1.29 is 9.55 Å². The topological polar surface area (TPSA) is 91.8 Å². The largest absolute Gasteiger partial charge is 0.363 e. The zero-order chi connectivity index (χ0) is 19.7. The molecule has 1 aromatic heterocycles. The average molecular weight is 382 g/mol. The summed E-state index contributed by atoms with van der Waals surface area (Å²) in [4.78, 5) is 17.8. The van der Waals surface area contributed by atoms with Crippen molar-refractivity contribution in [2.45, 2.75) is 6.92 Å². The number of nitro groups is 1. The Kier molecular flexibility index (Phi) is 4.82. The molecule has 0 amide bonds. The maximum absolute atomic E-state index is 11.9. The van der Waals surface area contributed by atoms with Crippen molar-refractivity contribution in [3.8, 4) is 0 Å². The molecule has 2 aromatic carbocycles. The van der Waals surface area contributed by atoms with E-state index in [-0.39, 0.29) is 16.1 Å². The molecule has 0 radical (unpaired) electrons. The molecule has 9 heteroatoms. The van der Waals surface area contributed by atoms with Gasteiger partial charge in [-0.15, -0.1) is 0 Å². The fraction of sp³-hybridized carbons (Fsp3) is 0.368. The monoisotopic (exact) mass is 382 g/mol. The van der Waals surface area contributed by atoms with E-state index in [9.17, 15) is 10.1 Å². The number of piperazine rings is 1. The zero-order valence-electron chi connectivity index (χ0n) is 15.9. The highest BCUT2D eigenvalue weighted by Gasteiger charge is 2.31. The van der Waals surface area contributed by atoms with E-state index in [0.717, 1.165) is 24.5 Å². The van der Waals surface area contributed by atoms with Gasteiger partial charge in [-0.1, -0.05) is 18.2 Å². The van der Waals surface area contributed by atoms with Crippen molar-refractivity contribution >= 4 is 33.8 Å². The first kappa shape index (κ1) is 18.2. The number of hydrogen-bond acceptors (Lipinski definition) is 8. The van der Waals surface area contributed by atoms with Crippen molar-refractivity contribution in [2.75, 3.05) is 49.6 Å². The zero-order valence-corrected chi connectivity index (χ0v) is 15.9. The minimum atomic E-state index is -0.386. The highest BCUT2D eigenvalue weighted by molar-refractivity contribution is 6.01. The Bertz CT molecular complexity index is 982. The van der Waals surface area contributed by atoms with Crippen LogP contribution in [-0.4, -0.2) is 59.9 Å². The van der Waals surface area contributed by atoms with Crippen LogP contribution in [-0.2, 0) is 0 Å². The molecule has 2 heterocycles. The molecule has 1 saturated heterocycles. The lowest BCUT2D eigenvalue weighted by Crippen LogP contribution is -2.44. The number of benzene rings is 2. The van der Waals surface area contributed by atoms with E-state index in [4.69, 9.17) is 4.63 Å². The van der Waals surface area contributed by atoms with Crippen LogP contribution in [0.1, 0.15) is 6.92 Å². The maximum atomic E-state index is 11.9. The molecule has 1 aliphatic heterocycles. The van der Waals surface area contributed by atoms with Gasteiger partial charge in [0.15, 0.2) is 5.52 Å². The maximum Gasteiger partial charge on any atom is 0.323 e. The van der Waals surface area contributed by atoms with E-state index in [1.165, 1.54) is 0 Å². The van der Waals surface area contributed by atoms with Crippen molar-refractivity contribution in [1.29, 1.82) is 0 Å². The molecule has 0 saturated carbocycles. The Morgan fingerprint density at radius 3 is 2.46 bits per heavy atom. The van der Waals surface area contributed by atoms with Gasteiger partial charge in [-0.3, -0.25) is 10.1 Å². The first-order valence-corrected chi connectivity index (χ1v) is 9.30. The van der Waals surface area contributed by atoms with Crippen LogP contribution in [0.25, 0.3) is 11.0 Å². The van der Waals surface area contributed by atoms with Crippen LogP contribution in [0, 0.1) is 10.1 Å². The summed E-state index contributed by atoms with van der Waals surface area (Å²) in [5.41, 5.74) is 2.83. The van der Waals surface area contributed by atoms with Crippen molar-refractivity contribution in [3.05, 3.63) is 46.5 Å². The van der Waals surface area contributed by atoms with Crippen LogP contribution >= 0.6 is 0 Å². The SMILES string of the molecule is CCN(c1ccccc1)c1cc(N2CCN(C)CC2)c([N+](=O)[O-])c2nonc12. The summed E-state index contributed by atoms with van der Waals surface area (Å²) in [5.74, 6) is 0. The lowest BCUT2D eigenvalue weighted by Gasteiger charge is -2.34. The minimum Gasteiger partial charge on any atom is -0.363 e. The van der Waals surface area contributed by atoms with Crippen molar-refractivity contribution in [3.63, 3.8) is 0 Å². The molecule has 0 atom stereocenters. The number of rotatable bonds is 5. The third-order valence-electron chi connectivity index (χ3n) is 5.17. The highest BCUT2D eigenvalue weighted by atomic mass is 16.6. The van der Waals surface area contributed by atoms with Gasteiger partial charge in [0.25, 0.3) is 0 Å². The van der Waals surface area contributed by atoms with Gasteiger partial charge in [0.05, 0.1) is 10.6 Å². The smallest absolute Gasteiger partial charge is 0.323 e. The number of nitrogens with zero attached hydrogens (tertiary/aromatic N) is 6. The molecule has 9 nitrogen and oxygen atoms in total. The molecule has 146 valence electrons. The summed E-state index contributed by atoms with van der Waals surface area (Å²) in [6.07, 6.45) is 0. The van der Waals surface area contributed by atoms with Crippen LogP contribution in [0.5, 0.6) is 0 Å². The Hall–Kier alpha value is -3.20. The van der Waals surface area contributed by atoms with Crippen molar-refractivity contribution in [2.24, 2.45) is 0 Å². The molecule has 0 unspecified atom stereocenters. The number of anilines is 3. The minimum absolute atomic E-state index is 0.0475. The second-order valence-corrected chi connectivity index (χ2v) is 6.85. The second kappa shape index (κ2) is 7.43. The van der Waals surface area contributed by atoms with Gasteiger partial charge in [0.1, 0.15) is 5.69 Å². The first-order chi connectivity index (χ1) is 13.6. The Morgan fingerprint density at radius 1 is 1.14 bits per heavy atom. The normalized spacial score (nSPS) is 15.1. The second-order valence-electron chi connectivity index (χ2n) is 6.85. The molecular formula is C19H22N6O3. The summed E-state index contributed by atoms with van der Waals surface area (Å²) in [7, 11) is 2.05. The van der Waals surface area contributed by atoms with E-state index in [0.29, 0.717) is 30.8 Å². The number of likely N-dealkylation sites (N-methyl/N-ethyl adjacent to an activating group) is 1. The molecule has 0 bridgehead atoms. The number of aromatic nitrogens is 2. The van der Waals surface area contributed by atoms with Crippen LogP contribution in [0.4, 0.5) is 22.7 Å². The third kappa shape index (κ3) is 3.13. The predicted octanol–water partition coefficient (Wildman–Crippen LogP) is 3.04. The summed E-state index contributed by atoms with van der Waals surface area (Å²) >= 11 is 0. The lowest BCUT2D eigenvalue weighted by molar-refractivity contribution is -0.382. The van der Waals surface area contributed by atoms with Gasteiger partial charge in [-0.25, -0.2) is 4.63 Å². The Morgan fingerprint density at radius 2 is 1.82 bits per heavy atom. The predicted molar refractivity (Wildman–Crippen MR) is 107 cm³/mol.